The van der Waals surface area contributed by atoms with Gasteiger partial charge in [0.2, 0.25) is 0 Å². The van der Waals surface area contributed by atoms with E-state index in [1.165, 1.54) is 17.6 Å². The zero-order chi connectivity index (χ0) is 27.1. The Morgan fingerprint density at radius 1 is 1.08 bits per heavy atom. The normalized spacial score (nSPS) is 11.6. The quantitative estimate of drug-likeness (QED) is 0.336. The zero-order valence-electron chi connectivity index (χ0n) is 21.1. The van der Waals surface area contributed by atoms with Crippen LogP contribution < -0.4 is 10.3 Å². The third-order valence-electron chi connectivity index (χ3n) is 6.04. The second kappa shape index (κ2) is 10.0. The molecule has 6 nitrogen and oxygen atoms in total. The lowest BCUT2D eigenvalue weighted by atomic mass is 10.0. The van der Waals surface area contributed by atoms with E-state index < -0.39 is 22.8 Å². The molecule has 0 fully saturated rings. The number of aryl methyl sites for hydroxylation is 2. The number of halogens is 3. The number of hydrogen-bond donors (Lipinski definition) is 1. The Hall–Kier alpha value is -3.62. The number of nitrogens with zero attached hydrogens (tertiary/aromatic N) is 3. The summed E-state index contributed by atoms with van der Waals surface area (Å²) in [7, 11) is 0. The van der Waals surface area contributed by atoms with Crippen molar-refractivity contribution in [3.8, 4) is 22.8 Å². The molecule has 192 valence electrons. The average molecular weight is 526 g/mol. The van der Waals surface area contributed by atoms with Crippen LogP contribution in [0.1, 0.15) is 41.9 Å². The van der Waals surface area contributed by atoms with Crippen molar-refractivity contribution in [1.82, 2.24) is 14.5 Å². The van der Waals surface area contributed by atoms with Crippen LogP contribution in [-0.2, 0) is 12.2 Å². The minimum absolute atomic E-state index is 0.0910. The Labute approximate surface area is 218 Å². The van der Waals surface area contributed by atoms with Crippen molar-refractivity contribution in [2.75, 3.05) is 0 Å². The van der Waals surface area contributed by atoms with Gasteiger partial charge >= 0.3 is 0 Å². The van der Waals surface area contributed by atoms with Crippen LogP contribution in [-0.4, -0.2) is 19.6 Å². The van der Waals surface area contributed by atoms with Crippen molar-refractivity contribution in [2.45, 2.75) is 46.8 Å². The Morgan fingerprint density at radius 3 is 2.51 bits per heavy atom. The Balaban J connectivity index is 1.72. The Morgan fingerprint density at radius 2 is 1.81 bits per heavy atom. The van der Waals surface area contributed by atoms with Crippen LogP contribution in [0.2, 0.25) is 5.02 Å². The van der Waals surface area contributed by atoms with E-state index in [4.69, 9.17) is 16.3 Å². The predicted octanol–water partition coefficient (Wildman–Crippen LogP) is 5.96. The number of aromatic nitrogens is 3. The standard InChI is InChI=1S/C28H26ClF2N3O3/c1-15-13-32-21(20-7-6-8-24(33-20)28(4,5)36)12-22(15)34-16(2)11-23(25(29)27(34)35)37-14-18-9-10-19(30)17(3)26(18)31/h6-13,36H,14H2,1-5H3. The highest BCUT2D eigenvalue weighted by atomic mass is 35.5. The van der Waals surface area contributed by atoms with Crippen LogP contribution in [0.3, 0.4) is 0 Å². The van der Waals surface area contributed by atoms with Gasteiger partial charge in [0.05, 0.1) is 22.8 Å². The first-order chi connectivity index (χ1) is 17.4. The number of rotatable bonds is 6. The fraction of sp³-hybridized carbons (Fsp3) is 0.250. The molecule has 4 aromatic rings. The van der Waals surface area contributed by atoms with Crippen LogP contribution in [0.5, 0.6) is 5.75 Å². The van der Waals surface area contributed by atoms with Crippen molar-refractivity contribution in [1.29, 1.82) is 0 Å². The summed E-state index contributed by atoms with van der Waals surface area (Å²) in [4.78, 5) is 22.3. The van der Waals surface area contributed by atoms with E-state index in [1.807, 2.05) is 6.92 Å². The van der Waals surface area contributed by atoms with Crippen LogP contribution in [0.15, 0.2) is 53.5 Å². The molecule has 0 atom stereocenters. The van der Waals surface area contributed by atoms with Crippen LogP contribution in [0.25, 0.3) is 17.1 Å². The lowest BCUT2D eigenvalue weighted by molar-refractivity contribution is 0.0740. The van der Waals surface area contributed by atoms with Crippen molar-refractivity contribution >= 4 is 11.6 Å². The Kier molecular flexibility index (Phi) is 7.17. The molecule has 0 spiro atoms. The smallest absolute Gasteiger partial charge is 0.277 e. The molecule has 0 saturated carbocycles. The van der Waals surface area contributed by atoms with Gasteiger partial charge in [0, 0.05) is 29.1 Å². The largest absolute Gasteiger partial charge is 0.487 e. The van der Waals surface area contributed by atoms with Gasteiger partial charge < -0.3 is 9.84 Å². The first-order valence-electron chi connectivity index (χ1n) is 11.5. The van der Waals surface area contributed by atoms with Crippen molar-refractivity contribution in [3.05, 3.63) is 104 Å². The van der Waals surface area contributed by atoms with Gasteiger partial charge in [-0.3, -0.25) is 14.3 Å². The van der Waals surface area contributed by atoms with Crippen molar-refractivity contribution < 1.29 is 18.6 Å². The lowest BCUT2D eigenvalue weighted by Crippen LogP contribution is -2.23. The summed E-state index contributed by atoms with van der Waals surface area (Å²) in [6.07, 6.45) is 1.63. The molecule has 0 aliphatic carbocycles. The molecular formula is C28H26ClF2N3O3. The number of ether oxygens (including phenoxy) is 1. The van der Waals surface area contributed by atoms with E-state index in [9.17, 15) is 18.7 Å². The minimum Gasteiger partial charge on any atom is -0.487 e. The zero-order valence-corrected chi connectivity index (χ0v) is 21.8. The summed E-state index contributed by atoms with van der Waals surface area (Å²) >= 11 is 6.40. The van der Waals surface area contributed by atoms with Gasteiger partial charge in [-0.05, 0) is 70.5 Å². The molecule has 1 N–H and O–H groups in total. The summed E-state index contributed by atoms with van der Waals surface area (Å²) in [6.45, 7) is 7.95. The fourth-order valence-corrected chi connectivity index (χ4v) is 4.08. The second-order valence-electron chi connectivity index (χ2n) is 9.36. The predicted molar refractivity (Wildman–Crippen MR) is 138 cm³/mol. The highest BCUT2D eigenvalue weighted by molar-refractivity contribution is 6.31. The highest BCUT2D eigenvalue weighted by Crippen LogP contribution is 2.28. The molecule has 3 heterocycles. The van der Waals surface area contributed by atoms with E-state index in [0.717, 1.165) is 11.6 Å². The lowest BCUT2D eigenvalue weighted by Gasteiger charge is -2.18. The molecule has 0 bridgehead atoms. The van der Waals surface area contributed by atoms with E-state index in [1.54, 1.807) is 57.3 Å². The summed E-state index contributed by atoms with van der Waals surface area (Å²) in [5.74, 6) is -1.26. The first kappa shape index (κ1) is 26.4. The molecule has 0 amide bonds. The Bertz CT molecular complexity index is 1560. The molecule has 0 radical (unpaired) electrons. The summed E-state index contributed by atoms with van der Waals surface area (Å²) in [5.41, 5.74) is 1.72. The molecular weight excluding hydrogens is 500 g/mol. The number of pyridine rings is 3. The highest BCUT2D eigenvalue weighted by Gasteiger charge is 2.20. The van der Waals surface area contributed by atoms with Gasteiger partial charge in [-0.25, -0.2) is 13.8 Å². The number of aliphatic hydroxyl groups is 1. The van der Waals surface area contributed by atoms with E-state index in [2.05, 4.69) is 9.97 Å². The maximum Gasteiger partial charge on any atom is 0.277 e. The van der Waals surface area contributed by atoms with Gasteiger partial charge in [-0.1, -0.05) is 17.7 Å². The molecule has 0 aliphatic rings. The first-order valence-corrected chi connectivity index (χ1v) is 11.9. The molecule has 37 heavy (non-hydrogen) atoms. The second-order valence-corrected chi connectivity index (χ2v) is 9.74. The maximum atomic E-state index is 14.4. The topological polar surface area (TPSA) is 77.2 Å². The van der Waals surface area contributed by atoms with Crippen LogP contribution in [0.4, 0.5) is 8.78 Å². The monoisotopic (exact) mass is 525 g/mol. The van der Waals surface area contributed by atoms with Crippen molar-refractivity contribution in [2.24, 2.45) is 0 Å². The molecule has 0 saturated heterocycles. The maximum absolute atomic E-state index is 14.4. The summed E-state index contributed by atoms with van der Waals surface area (Å²) in [6, 6.07) is 11.1. The number of benzene rings is 1. The van der Waals surface area contributed by atoms with Gasteiger partial charge in [-0.15, -0.1) is 0 Å². The van der Waals surface area contributed by atoms with Gasteiger partial charge in [0.25, 0.3) is 5.56 Å². The minimum atomic E-state index is -1.13. The van der Waals surface area contributed by atoms with E-state index in [-0.39, 0.29) is 28.5 Å². The molecule has 9 heteroatoms. The SMILES string of the molecule is Cc1cnc(-c2cccc(C(C)(C)O)n2)cc1-n1c(C)cc(OCc2ccc(F)c(C)c2F)c(Cl)c1=O. The van der Waals surface area contributed by atoms with Gasteiger partial charge in [0.15, 0.2) is 0 Å². The van der Waals surface area contributed by atoms with Crippen LogP contribution >= 0.6 is 11.6 Å². The van der Waals surface area contributed by atoms with Crippen LogP contribution in [0, 0.1) is 32.4 Å². The average Bonchev–Trinajstić information content (AvgIpc) is 2.85. The third-order valence-corrected chi connectivity index (χ3v) is 6.39. The van der Waals surface area contributed by atoms with Gasteiger partial charge in [-0.2, -0.15) is 0 Å². The number of hydrogen-bond acceptors (Lipinski definition) is 5. The molecule has 0 unspecified atom stereocenters. The van der Waals surface area contributed by atoms with Crippen molar-refractivity contribution in [3.63, 3.8) is 0 Å². The third kappa shape index (κ3) is 5.26. The van der Waals surface area contributed by atoms with E-state index in [0.29, 0.717) is 28.5 Å². The molecule has 3 aromatic heterocycles. The van der Waals surface area contributed by atoms with E-state index >= 15 is 0 Å². The molecule has 1 aromatic carbocycles. The van der Waals surface area contributed by atoms with Gasteiger partial charge in [0.1, 0.15) is 34.6 Å². The summed E-state index contributed by atoms with van der Waals surface area (Å²) < 4.78 is 35.1. The fourth-order valence-electron chi connectivity index (χ4n) is 3.88. The molecule has 4 rings (SSSR count). The summed E-state index contributed by atoms with van der Waals surface area (Å²) in [5, 5.41) is 10.2. The molecule has 0 aliphatic heterocycles.